The van der Waals surface area contributed by atoms with E-state index in [4.69, 9.17) is 15.6 Å². The van der Waals surface area contributed by atoms with E-state index in [0.29, 0.717) is 13.2 Å². The van der Waals surface area contributed by atoms with Gasteiger partial charge in [0.25, 0.3) is 0 Å². The van der Waals surface area contributed by atoms with Crippen LogP contribution < -0.4 is 11.1 Å². The first kappa shape index (κ1) is 12.9. The molecule has 2 atom stereocenters. The molecule has 1 aliphatic heterocycles. The quantitative estimate of drug-likeness (QED) is 0.594. The molecular formula is C10H18N2O4. The molecule has 92 valence electrons. The number of nitrogens with two attached hydrogens (primary N) is 1. The highest BCUT2D eigenvalue weighted by molar-refractivity contribution is 5.81. The Morgan fingerprint density at radius 1 is 1.50 bits per heavy atom. The number of nitrogens with one attached hydrogen (secondary N) is 1. The number of amides is 1. The number of rotatable bonds is 4. The van der Waals surface area contributed by atoms with E-state index in [1.54, 1.807) is 13.8 Å². The molecule has 16 heavy (non-hydrogen) atoms. The predicted octanol–water partition coefficient (Wildman–Crippen LogP) is -0.670. The summed E-state index contributed by atoms with van der Waals surface area (Å²) >= 11 is 0. The summed E-state index contributed by atoms with van der Waals surface area (Å²) in [6, 6.07) is -0.305. The minimum atomic E-state index is -0.947. The monoisotopic (exact) mass is 230 g/mol. The van der Waals surface area contributed by atoms with Gasteiger partial charge in [0.2, 0.25) is 5.91 Å². The van der Waals surface area contributed by atoms with Gasteiger partial charge in [-0.15, -0.1) is 0 Å². The SMILES string of the molecule is CC(C)(CC(=O)O)NC(=O)C1COCC1N. The zero-order valence-corrected chi connectivity index (χ0v) is 9.53. The summed E-state index contributed by atoms with van der Waals surface area (Å²) < 4.78 is 5.08. The van der Waals surface area contributed by atoms with Crippen molar-refractivity contribution < 1.29 is 19.4 Å². The fraction of sp³-hybridized carbons (Fsp3) is 0.800. The number of aliphatic carboxylic acids is 1. The lowest BCUT2D eigenvalue weighted by molar-refractivity contribution is -0.139. The summed E-state index contributed by atoms with van der Waals surface area (Å²) in [5, 5.41) is 11.4. The van der Waals surface area contributed by atoms with Crippen molar-refractivity contribution >= 4 is 11.9 Å². The van der Waals surface area contributed by atoms with Gasteiger partial charge in [-0.1, -0.05) is 0 Å². The summed E-state index contributed by atoms with van der Waals surface area (Å²) in [5.41, 5.74) is 4.93. The van der Waals surface area contributed by atoms with Crippen molar-refractivity contribution in [3.63, 3.8) is 0 Å². The summed E-state index contributed by atoms with van der Waals surface area (Å²) in [4.78, 5) is 22.4. The Morgan fingerprint density at radius 2 is 2.12 bits per heavy atom. The second-order valence-corrected chi connectivity index (χ2v) is 4.75. The van der Waals surface area contributed by atoms with Gasteiger partial charge in [-0.05, 0) is 13.8 Å². The largest absolute Gasteiger partial charge is 0.481 e. The number of ether oxygens (including phenoxy) is 1. The number of carbonyl (C=O) groups excluding carboxylic acids is 1. The van der Waals surface area contributed by atoms with Gasteiger partial charge < -0.3 is 20.9 Å². The van der Waals surface area contributed by atoms with E-state index in [1.807, 2.05) is 0 Å². The Morgan fingerprint density at radius 3 is 2.56 bits per heavy atom. The van der Waals surface area contributed by atoms with E-state index >= 15 is 0 Å². The van der Waals surface area contributed by atoms with E-state index in [0.717, 1.165) is 0 Å². The van der Waals surface area contributed by atoms with Crippen LogP contribution in [0, 0.1) is 5.92 Å². The molecular weight excluding hydrogens is 212 g/mol. The Hall–Kier alpha value is -1.14. The molecule has 2 unspecified atom stereocenters. The van der Waals surface area contributed by atoms with Crippen LogP contribution in [0.4, 0.5) is 0 Å². The van der Waals surface area contributed by atoms with Gasteiger partial charge in [0.05, 0.1) is 25.6 Å². The molecule has 1 amide bonds. The van der Waals surface area contributed by atoms with Crippen molar-refractivity contribution in [1.82, 2.24) is 5.32 Å². The van der Waals surface area contributed by atoms with Crippen LogP contribution in [0.25, 0.3) is 0 Å². The first-order valence-corrected chi connectivity index (χ1v) is 5.19. The lowest BCUT2D eigenvalue weighted by Gasteiger charge is -2.26. The van der Waals surface area contributed by atoms with Crippen molar-refractivity contribution in [3.05, 3.63) is 0 Å². The van der Waals surface area contributed by atoms with Gasteiger partial charge in [-0.2, -0.15) is 0 Å². The van der Waals surface area contributed by atoms with Crippen LogP contribution in [-0.2, 0) is 14.3 Å². The van der Waals surface area contributed by atoms with Crippen molar-refractivity contribution in [2.75, 3.05) is 13.2 Å². The zero-order valence-electron chi connectivity index (χ0n) is 9.53. The maximum absolute atomic E-state index is 11.8. The van der Waals surface area contributed by atoms with Crippen LogP contribution in [0.15, 0.2) is 0 Å². The summed E-state index contributed by atoms with van der Waals surface area (Å²) in [5.74, 6) is -1.57. The van der Waals surface area contributed by atoms with Gasteiger partial charge in [-0.25, -0.2) is 0 Å². The number of hydrogen-bond donors (Lipinski definition) is 3. The summed E-state index contributed by atoms with van der Waals surface area (Å²) in [6.45, 7) is 4.01. The molecule has 0 spiro atoms. The molecule has 0 bridgehead atoms. The van der Waals surface area contributed by atoms with E-state index in [2.05, 4.69) is 5.32 Å². The van der Waals surface area contributed by atoms with Crippen LogP contribution in [0.2, 0.25) is 0 Å². The van der Waals surface area contributed by atoms with E-state index in [-0.39, 0.29) is 24.3 Å². The van der Waals surface area contributed by atoms with Crippen LogP contribution in [0.3, 0.4) is 0 Å². The predicted molar refractivity (Wildman–Crippen MR) is 56.8 cm³/mol. The first-order chi connectivity index (χ1) is 7.32. The molecule has 1 saturated heterocycles. The Labute approximate surface area is 94.1 Å². The Balaban J connectivity index is 2.52. The highest BCUT2D eigenvalue weighted by Crippen LogP contribution is 2.15. The second kappa shape index (κ2) is 4.80. The van der Waals surface area contributed by atoms with Crippen LogP contribution in [0.5, 0.6) is 0 Å². The molecule has 0 aromatic heterocycles. The maximum Gasteiger partial charge on any atom is 0.305 e. The van der Waals surface area contributed by atoms with Crippen molar-refractivity contribution in [2.45, 2.75) is 31.8 Å². The molecule has 0 aromatic rings. The van der Waals surface area contributed by atoms with Gasteiger partial charge in [-0.3, -0.25) is 9.59 Å². The fourth-order valence-corrected chi connectivity index (χ4v) is 1.69. The maximum atomic E-state index is 11.8. The Kier molecular flexibility index (Phi) is 3.88. The average Bonchev–Trinajstić information content (AvgIpc) is 2.47. The standard InChI is InChI=1S/C10H18N2O4/c1-10(2,3-8(13)14)12-9(15)6-4-16-5-7(6)11/h6-7H,3-5,11H2,1-2H3,(H,12,15)(H,13,14). The molecule has 0 saturated carbocycles. The van der Waals surface area contributed by atoms with Gasteiger partial charge in [0, 0.05) is 11.6 Å². The van der Waals surface area contributed by atoms with Crippen molar-refractivity contribution in [3.8, 4) is 0 Å². The molecule has 1 rings (SSSR count). The molecule has 0 aromatic carbocycles. The lowest BCUT2D eigenvalue weighted by Crippen LogP contribution is -2.50. The minimum absolute atomic E-state index is 0.123. The normalized spacial score (nSPS) is 25.4. The fourth-order valence-electron chi connectivity index (χ4n) is 1.69. The molecule has 1 fully saturated rings. The lowest BCUT2D eigenvalue weighted by atomic mass is 9.97. The molecule has 4 N–H and O–H groups in total. The van der Waals surface area contributed by atoms with E-state index in [9.17, 15) is 9.59 Å². The highest BCUT2D eigenvalue weighted by atomic mass is 16.5. The smallest absolute Gasteiger partial charge is 0.305 e. The van der Waals surface area contributed by atoms with Crippen LogP contribution >= 0.6 is 0 Å². The number of carboxylic acid groups (broad SMARTS) is 1. The highest BCUT2D eigenvalue weighted by Gasteiger charge is 2.34. The molecule has 1 aliphatic rings. The summed E-state index contributed by atoms with van der Waals surface area (Å²) in [7, 11) is 0. The van der Waals surface area contributed by atoms with Gasteiger partial charge in [0.15, 0.2) is 0 Å². The summed E-state index contributed by atoms with van der Waals surface area (Å²) in [6.07, 6.45) is -0.123. The molecule has 6 heteroatoms. The second-order valence-electron chi connectivity index (χ2n) is 4.75. The minimum Gasteiger partial charge on any atom is -0.481 e. The van der Waals surface area contributed by atoms with Gasteiger partial charge >= 0.3 is 5.97 Å². The molecule has 0 aliphatic carbocycles. The van der Waals surface area contributed by atoms with Crippen LogP contribution in [-0.4, -0.2) is 41.8 Å². The zero-order chi connectivity index (χ0) is 12.3. The van der Waals surface area contributed by atoms with Crippen molar-refractivity contribution in [2.24, 2.45) is 11.7 Å². The van der Waals surface area contributed by atoms with Crippen LogP contribution in [0.1, 0.15) is 20.3 Å². The Bertz CT molecular complexity index is 291. The molecule has 1 heterocycles. The topological polar surface area (TPSA) is 102 Å². The average molecular weight is 230 g/mol. The van der Waals surface area contributed by atoms with E-state index < -0.39 is 11.5 Å². The molecule has 6 nitrogen and oxygen atoms in total. The number of carboxylic acids is 1. The molecule has 0 radical (unpaired) electrons. The number of carbonyl (C=O) groups is 2. The van der Waals surface area contributed by atoms with Gasteiger partial charge in [0.1, 0.15) is 0 Å². The first-order valence-electron chi connectivity index (χ1n) is 5.19. The third-order valence-corrected chi connectivity index (χ3v) is 2.52. The third kappa shape index (κ3) is 3.46. The van der Waals surface area contributed by atoms with E-state index in [1.165, 1.54) is 0 Å². The number of hydrogen-bond acceptors (Lipinski definition) is 4. The van der Waals surface area contributed by atoms with Crippen molar-refractivity contribution in [1.29, 1.82) is 0 Å². The third-order valence-electron chi connectivity index (χ3n) is 2.52.